The van der Waals surface area contributed by atoms with Crippen LogP contribution in [0.15, 0.2) is 30.3 Å². The van der Waals surface area contributed by atoms with Crippen LogP contribution < -0.4 is 51.4 Å². The largest absolute Gasteiger partial charge is 1.00 e. The van der Waals surface area contributed by atoms with Crippen molar-refractivity contribution in [3.8, 4) is 0 Å². The monoisotopic (exact) mass is 276 g/mol. The van der Waals surface area contributed by atoms with Crippen molar-refractivity contribution in [3.63, 3.8) is 0 Å². The Labute approximate surface area is 117 Å². The van der Waals surface area contributed by atoms with Gasteiger partial charge in [-0.3, -0.25) is 0 Å². The van der Waals surface area contributed by atoms with Crippen molar-refractivity contribution >= 4 is 26.1 Å². The van der Waals surface area contributed by atoms with Crippen LogP contribution in [0.2, 0.25) is 0 Å². The Kier molecular flexibility index (Phi) is 6.68. The van der Waals surface area contributed by atoms with E-state index in [1.165, 1.54) is 22.3 Å². The molecule has 1 aromatic carbocycles. The van der Waals surface area contributed by atoms with Gasteiger partial charge in [0.25, 0.3) is 0 Å². The Morgan fingerprint density at radius 3 is 2.10 bits per heavy atom. The fraction of sp³-hybridized carbons (Fsp3) is 0. The van der Waals surface area contributed by atoms with Gasteiger partial charge in [0.15, 0.2) is 0 Å². The first-order chi connectivity index (χ1) is 4.30. The third-order valence-electron chi connectivity index (χ3n) is 1.02. The van der Waals surface area contributed by atoms with Gasteiger partial charge in [0.05, 0.1) is 0 Å². The number of hydrogen-bond acceptors (Lipinski definition) is 1. The van der Waals surface area contributed by atoms with Crippen LogP contribution in [-0.2, 0) is 0 Å². The Morgan fingerprint density at radius 1 is 1.30 bits per heavy atom. The van der Waals surface area contributed by atoms with Crippen molar-refractivity contribution < 1.29 is 57.6 Å². The zero-order valence-corrected chi connectivity index (χ0v) is 11.4. The van der Waals surface area contributed by atoms with E-state index in [0.29, 0.717) is 0 Å². The summed E-state index contributed by atoms with van der Waals surface area (Å²) in [5.74, 6) is 0. The number of rotatable bonds is 1. The van der Waals surface area contributed by atoms with Crippen LogP contribution in [0.5, 0.6) is 0 Å². The molecule has 0 saturated carbocycles. The van der Waals surface area contributed by atoms with Crippen molar-refractivity contribution in [1.82, 2.24) is 0 Å². The van der Waals surface area contributed by atoms with Gasteiger partial charge in [-0.15, -0.1) is 0 Å². The van der Waals surface area contributed by atoms with Crippen molar-refractivity contribution in [2.75, 3.05) is 0 Å². The van der Waals surface area contributed by atoms with Crippen LogP contribution in [0, 0.1) is 0 Å². The van der Waals surface area contributed by atoms with Crippen molar-refractivity contribution in [2.45, 2.75) is 0 Å². The molecule has 0 aromatic heterocycles. The van der Waals surface area contributed by atoms with Crippen LogP contribution in [-0.4, -0.2) is 26.1 Å². The maximum Gasteiger partial charge on any atom is 1.00 e. The number of benzene rings is 1. The molecule has 0 bridgehead atoms. The van der Waals surface area contributed by atoms with Crippen LogP contribution in [0.4, 0.5) is 0 Å². The molecule has 0 radical (unpaired) electrons. The second-order valence-electron chi connectivity index (χ2n) is 1.67. The second-order valence-corrected chi connectivity index (χ2v) is 2.83. The molecule has 10 heavy (non-hydrogen) atoms. The van der Waals surface area contributed by atoms with E-state index in [1.807, 2.05) is 30.3 Å². The molecule has 0 aliphatic rings. The van der Waals surface area contributed by atoms with Gasteiger partial charge in [0.2, 0.25) is 0 Å². The molecule has 0 spiro atoms. The predicted molar refractivity (Wildman–Crippen MR) is 39.0 cm³/mol. The summed E-state index contributed by atoms with van der Waals surface area (Å²) >= 11 is 1.22. The first kappa shape index (κ1) is 11.3. The molecule has 1 nitrogen and oxygen atoms in total. The smallest absolute Gasteiger partial charge is 1.00 e. The van der Waals surface area contributed by atoms with E-state index in [2.05, 4.69) is 0 Å². The van der Waals surface area contributed by atoms with Gasteiger partial charge < -0.3 is 1.43 Å². The molecular weight excluding hydrogens is 267 g/mol. The summed E-state index contributed by atoms with van der Waals surface area (Å²) in [4.78, 5) is 10.7. The van der Waals surface area contributed by atoms with E-state index >= 15 is 0 Å². The topological polar surface area (TPSA) is 17.1 Å². The normalized spacial score (nSPS) is 8.10. The summed E-state index contributed by atoms with van der Waals surface area (Å²) in [5.41, 5.74) is 0.798. The van der Waals surface area contributed by atoms with Crippen LogP contribution in [0.25, 0.3) is 0 Å². The molecule has 0 unspecified atom stereocenters. The molecule has 0 amide bonds. The molecule has 0 atom stereocenters. The van der Waals surface area contributed by atoms with Gasteiger partial charge in [-0.25, -0.2) is 0 Å². The fourth-order valence-electron chi connectivity index (χ4n) is 0.581. The number of carbonyl (C=O) groups excluding carboxylic acids is 1. The van der Waals surface area contributed by atoms with Crippen molar-refractivity contribution in [1.29, 1.82) is 0 Å². The van der Waals surface area contributed by atoms with E-state index in [0.717, 1.165) is 5.56 Å². The Balaban J connectivity index is 0. The minimum absolute atomic E-state index is 0. The standard InChI is InChI=1S/C7H6OTe.K.H/c8-7(9)6-4-2-1-3-5-6;;/h1-5H,(H,8,9);;/q;+1;-1. The maximum absolute atomic E-state index is 10.7. The average molecular weight is 274 g/mol. The van der Waals surface area contributed by atoms with E-state index in [1.54, 1.807) is 0 Å². The summed E-state index contributed by atoms with van der Waals surface area (Å²) < 4.78 is 0.171. The van der Waals surface area contributed by atoms with Crippen LogP contribution in [0.1, 0.15) is 11.8 Å². The maximum atomic E-state index is 10.7. The molecule has 0 N–H and O–H groups in total. The average Bonchev–Trinajstić information content (AvgIpc) is 1.90. The quantitative estimate of drug-likeness (QED) is 0.533. The van der Waals surface area contributed by atoms with Crippen molar-refractivity contribution in [3.05, 3.63) is 35.9 Å². The van der Waals surface area contributed by atoms with E-state index < -0.39 is 0 Å². The molecule has 0 aliphatic heterocycles. The van der Waals surface area contributed by atoms with Crippen LogP contribution in [0.3, 0.4) is 0 Å². The minimum atomic E-state index is 0. The molecule has 3 heteroatoms. The minimum Gasteiger partial charge on any atom is -1.00 e. The number of carbonyl (C=O) groups is 1. The fourth-order valence-corrected chi connectivity index (χ4v) is 1.01. The molecule has 0 saturated heterocycles. The molecular formula is C7H7KOTe. The molecule has 48 valence electrons. The first-order valence-corrected chi connectivity index (χ1v) is 3.86. The molecule has 1 aromatic rings. The Bertz CT molecular complexity index is 215. The Morgan fingerprint density at radius 2 is 1.80 bits per heavy atom. The predicted octanol–water partition coefficient (Wildman–Crippen LogP) is -2.16. The molecule has 0 heterocycles. The zero-order valence-electron chi connectivity index (χ0n) is 6.74. The molecule has 0 fully saturated rings. The third kappa shape index (κ3) is 3.63. The van der Waals surface area contributed by atoms with Gasteiger partial charge in [0.1, 0.15) is 0 Å². The first-order valence-electron chi connectivity index (χ1n) is 2.59. The van der Waals surface area contributed by atoms with E-state index in [4.69, 9.17) is 0 Å². The van der Waals surface area contributed by atoms with Gasteiger partial charge in [-0.2, -0.15) is 0 Å². The van der Waals surface area contributed by atoms with E-state index in [9.17, 15) is 4.79 Å². The summed E-state index contributed by atoms with van der Waals surface area (Å²) in [6.45, 7) is 0. The SMILES string of the molecule is O=C([TeH])c1ccccc1.[H-].[K+]. The van der Waals surface area contributed by atoms with Crippen LogP contribution >= 0.6 is 0 Å². The summed E-state index contributed by atoms with van der Waals surface area (Å²) in [6, 6.07) is 9.27. The molecule has 1 rings (SSSR count). The van der Waals surface area contributed by atoms with Gasteiger partial charge >= 0.3 is 118 Å². The zero-order chi connectivity index (χ0) is 6.69. The third-order valence-corrected chi connectivity index (χ3v) is 1.76. The molecule has 0 aliphatic carbocycles. The van der Waals surface area contributed by atoms with Gasteiger partial charge in [-0.1, -0.05) is 0 Å². The summed E-state index contributed by atoms with van der Waals surface area (Å²) in [5, 5.41) is 0. The van der Waals surface area contributed by atoms with Gasteiger partial charge in [-0.05, 0) is 0 Å². The Hall–Kier alpha value is 1.32. The summed E-state index contributed by atoms with van der Waals surface area (Å²) in [7, 11) is 0. The number of hydrogen-bond donors (Lipinski definition) is 0. The summed E-state index contributed by atoms with van der Waals surface area (Å²) in [6.07, 6.45) is 0. The van der Waals surface area contributed by atoms with E-state index in [-0.39, 0.29) is 56.6 Å². The van der Waals surface area contributed by atoms with Crippen molar-refractivity contribution in [2.24, 2.45) is 0 Å². The van der Waals surface area contributed by atoms with Gasteiger partial charge in [0, 0.05) is 0 Å². The second kappa shape index (κ2) is 5.90.